The van der Waals surface area contributed by atoms with Gasteiger partial charge in [0.15, 0.2) is 0 Å². The van der Waals surface area contributed by atoms with E-state index in [4.69, 9.17) is 0 Å². The predicted octanol–water partition coefficient (Wildman–Crippen LogP) is 3.14. The minimum absolute atomic E-state index is 0.0980. The Labute approximate surface area is 122 Å². The molecule has 1 saturated heterocycles. The predicted molar refractivity (Wildman–Crippen MR) is 80.8 cm³/mol. The third-order valence-corrected chi connectivity index (χ3v) is 3.65. The van der Waals surface area contributed by atoms with Gasteiger partial charge in [-0.05, 0) is 12.8 Å². The van der Waals surface area contributed by atoms with Gasteiger partial charge in [-0.15, -0.1) is 0 Å². The zero-order valence-corrected chi connectivity index (χ0v) is 13.1. The SMILES string of the molecule is CCCCCCCCC=CC1CC(=O)N(N(C)C)C1=O. The molecule has 0 N–H and O–H groups in total. The molecule has 0 spiro atoms. The molecule has 0 radical (unpaired) electrons. The molecule has 4 heteroatoms. The highest BCUT2D eigenvalue weighted by atomic mass is 16.2. The lowest BCUT2D eigenvalue weighted by molar-refractivity contribution is -0.153. The van der Waals surface area contributed by atoms with Crippen molar-refractivity contribution in [2.75, 3.05) is 14.1 Å². The molecule has 1 atom stereocenters. The minimum Gasteiger partial charge on any atom is -0.273 e. The van der Waals surface area contributed by atoms with Gasteiger partial charge in [-0.25, -0.2) is 10.0 Å². The number of hydrogen-bond donors (Lipinski definition) is 0. The van der Waals surface area contributed by atoms with Gasteiger partial charge in [-0.3, -0.25) is 9.59 Å². The first kappa shape index (κ1) is 16.9. The second-order valence-electron chi connectivity index (χ2n) is 5.69. The van der Waals surface area contributed by atoms with Crippen LogP contribution in [0.25, 0.3) is 0 Å². The number of nitrogens with zero attached hydrogens (tertiary/aromatic N) is 2. The number of amides is 2. The molecule has 20 heavy (non-hydrogen) atoms. The molecule has 1 aliphatic rings. The second-order valence-corrected chi connectivity index (χ2v) is 5.69. The van der Waals surface area contributed by atoms with Crippen LogP contribution in [0.2, 0.25) is 0 Å². The number of hydrazine groups is 1. The zero-order valence-electron chi connectivity index (χ0n) is 13.1. The molecule has 0 bridgehead atoms. The van der Waals surface area contributed by atoms with Crippen LogP contribution in [0.3, 0.4) is 0 Å². The molecule has 2 amide bonds. The van der Waals surface area contributed by atoms with Crippen molar-refractivity contribution in [1.82, 2.24) is 10.0 Å². The fraction of sp³-hybridized carbons (Fsp3) is 0.750. The molecule has 1 unspecified atom stereocenters. The molecular weight excluding hydrogens is 252 g/mol. The first-order chi connectivity index (χ1) is 9.57. The Kier molecular flexibility index (Phi) is 7.52. The summed E-state index contributed by atoms with van der Waals surface area (Å²) in [5.74, 6) is -0.460. The maximum absolute atomic E-state index is 12.0. The van der Waals surface area contributed by atoms with Crippen LogP contribution in [0.4, 0.5) is 0 Å². The van der Waals surface area contributed by atoms with Crippen LogP contribution in [0, 0.1) is 5.92 Å². The molecular formula is C16H28N2O2. The van der Waals surface area contributed by atoms with E-state index in [0.29, 0.717) is 6.42 Å². The first-order valence-corrected chi connectivity index (χ1v) is 7.78. The van der Waals surface area contributed by atoms with Crippen molar-refractivity contribution in [2.45, 2.75) is 58.3 Å². The summed E-state index contributed by atoms with van der Waals surface area (Å²) in [6.07, 6.45) is 13.0. The highest BCUT2D eigenvalue weighted by Crippen LogP contribution is 2.21. The number of hydrogen-bond acceptors (Lipinski definition) is 3. The van der Waals surface area contributed by atoms with Crippen molar-refractivity contribution in [2.24, 2.45) is 5.92 Å². The summed E-state index contributed by atoms with van der Waals surface area (Å²) in [4.78, 5) is 23.7. The molecule has 1 rings (SSSR count). The second kappa shape index (κ2) is 8.90. The van der Waals surface area contributed by atoms with Gasteiger partial charge in [0.05, 0.1) is 5.92 Å². The van der Waals surface area contributed by atoms with Crippen molar-refractivity contribution in [1.29, 1.82) is 0 Å². The molecule has 0 aliphatic carbocycles. The van der Waals surface area contributed by atoms with Crippen molar-refractivity contribution in [3.05, 3.63) is 12.2 Å². The smallest absolute Gasteiger partial charge is 0.251 e. The quantitative estimate of drug-likeness (QED) is 0.370. The highest BCUT2D eigenvalue weighted by Gasteiger charge is 2.38. The van der Waals surface area contributed by atoms with Crippen LogP contribution in [0.1, 0.15) is 58.3 Å². The molecule has 4 nitrogen and oxygen atoms in total. The first-order valence-electron chi connectivity index (χ1n) is 7.78. The third kappa shape index (κ3) is 5.08. The third-order valence-electron chi connectivity index (χ3n) is 3.65. The van der Waals surface area contributed by atoms with E-state index in [-0.39, 0.29) is 17.7 Å². The summed E-state index contributed by atoms with van der Waals surface area (Å²) < 4.78 is 0. The van der Waals surface area contributed by atoms with Gasteiger partial charge >= 0.3 is 0 Å². The van der Waals surface area contributed by atoms with Crippen LogP contribution in [-0.4, -0.2) is 35.9 Å². The number of unbranched alkanes of at least 4 members (excludes halogenated alkanes) is 6. The van der Waals surface area contributed by atoms with Gasteiger partial charge < -0.3 is 0 Å². The van der Waals surface area contributed by atoms with Crippen LogP contribution >= 0.6 is 0 Å². The maximum atomic E-state index is 12.0. The lowest BCUT2D eigenvalue weighted by Crippen LogP contribution is -2.41. The molecule has 1 aliphatic heterocycles. The van der Waals surface area contributed by atoms with Crippen LogP contribution < -0.4 is 0 Å². The topological polar surface area (TPSA) is 40.6 Å². The van der Waals surface area contributed by atoms with Crippen LogP contribution in [-0.2, 0) is 9.59 Å². The van der Waals surface area contributed by atoms with Gasteiger partial charge in [-0.1, -0.05) is 51.2 Å². The summed E-state index contributed by atoms with van der Waals surface area (Å²) in [6.45, 7) is 2.22. The number of allylic oxidation sites excluding steroid dienone is 1. The largest absolute Gasteiger partial charge is 0.273 e. The summed E-state index contributed by atoms with van der Waals surface area (Å²) in [5.41, 5.74) is 0. The van der Waals surface area contributed by atoms with Gasteiger partial charge in [0.2, 0.25) is 5.91 Å². The van der Waals surface area contributed by atoms with Gasteiger partial charge in [0.25, 0.3) is 5.91 Å². The standard InChI is InChI=1S/C16H28N2O2/c1-4-5-6-7-8-9-10-11-12-14-13-15(19)18(16(14)20)17(2)3/h11-12,14H,4-10,13H2,1-3H3. The lowest BCUT2D eigenvalue weighted by atomic mass is 10.1. The molecule has 0 aromatic heterocycles. The monoisotopic (exact) mass is 280 g/mol. The Hall–Kier alpha value is -1.16. The van der Waals surface area contributed by atoms with Crippen molar-refractivity contribution in [3.8, 4) is 0 Å². The Balaban J connectivity index is 2.23. The van der Waals surface area contributed by atoms with E-state index in [2.05, 4.69) is 13.0 Å². The van der Waals surface area contributed by atoms with Crippen molar-refractivity contribution < 1.29 is 9.59 Å². The van der Waals surface area contributed by atoms with Crippen LogP contribution in [0.5, 0.6) is 0 Å². The average molecular weight is 280 g/mol. The van der Waals surface area contributed by atoms with Crippen LogP contribution in [0.15, 0.2) is 12.2 Å². The number of carbonyl (C=O) groups is 2. The van der Waals surface area contributed by atoms with E-state index in [1.165, 1.54) is 43.5 Å². The number of rotatable bonds is 9. The summed E-state index contributed by atoms with van der Waals surface area (Å²) in [5, 5.41) is 2.80. The molecule has 1 heterocycles. The lowest BCUT2D eigenvalue weighted by Gasteiger charge is -2.21. The van der Waals surface area contributed by atoms with E-state index in [0.717, 1.165) is 6.42 Å². The fourth-order valence-corrected chi connectivity index (χ4v) is 2.52. The zero-order chi connectivity index (χ0) is 15.0. The van der Waals surface area contributed by atoms with Crippen molar-refractivity contribution >= 4 is 11.8 Å². The van der Waals surface area contributed by atoms with E-state index in [1.54, 1.807) is 19.1 Å². The Morgan fingerprint density at radius 3 is 2.40 bits per heavy atom. The Morgan fingerprint density at radius 1 is 1.15 bits per heavy atom. The summed E-state index contributed by atoms with van der Waals surface area (Å²) in [6, 6.07) is 0. The average Bonchev–Trinajstić information content (AvgIpc) is 2.67. The number of imide groups is 1. The van der Waals surface area contributed by atoms with Gasteiger partial charge in [0, 0.05) is 20.5 Å². The molecule has 0 saturated carbocycles. The highest BCUT2D eigenvalue weighted by molar-refractivity contribution is 6.03. The van der Waals surface area contributed by atoms with E-state index in [9.17, 15) is 9.59 Å². The van der Waals surface area contributed by atoms with Crippen molar-refractivity contribution in [3.63, 3.8) is 0 Å². The summed E-state index contributed by atoms with van der Waals surface area (Å²) in [7, 11) is 3.44. The van der Waals surface area contributed by atoms with Gasteiger partial charge in [-0.2, -0.15) is 0 Å². The Morgan fingerprint density at radius 2 is 1.80 bits per heavy atom. The molecule has 0 aromatic carbocycles. The molecule has 114 valence electrons. The maximum Gasteiger partial charge on any atom is 0.251 e. The molecule has 1 fully saturated rings. The van der Waals surface area contributed by atoms with E-state index >= 15 is 0 Å². The fourth-order valence-electron chi connectivity index (χ4n) is 2.52. The number of carbonyl (C=O) groups excluding carboxylic acids is 2. The normalized spacial score (nSPS) is 19.8. The van der Waals surface area contributed by atoms with Gasteiger partial charge in [0.1, 0.15) is 0 Å². The molecule has 0 aromatic rings. The Bertz CT molecular complexity index is 350. The minimum atomic E-state index is -0.259. The summed E-state index contributed by atoms with van der Waals surface area (Å²) >= 11 is 0. The van der Waals surface area contributed by atoms with E-state index < -0.39 is 0 Å². The van der Waals surface area contributed by atoms with E-state index in [1.807, 2.05) is 6.08 Å².